The number of hydrogen-bond acceptors (Lipinski definition) is 7. The molecule has 9 nitrogen and oxygen atoms in total. The number of ether oxygens (including phenoxy) is 2. The lowest BCUT2D eigenvalue weighted by atomic mass is 9.94. The first kappa shape index (κ1) is 21.6. The van der Waals surface area contributed by atoms with Gasteiger partial charge in [-0.1, -0.05) is 0 Å². The SMILES string of the molecule is COCC(=O)N1CCC[C@H](c2cnc(NCc3c(F)ccc4c3CCO4)n3cnnc23)CC1. The van der Waals surface area contributed by atoms with Crippen LogP contribution < -0.4 is 10.1 Å². The van der Waals surface area contributed by atoms with Crippen LogP contribution in [-0.2, 0) is 22.5 Å². The van der Waals surface area contributed by atoms with Gasteiger partial charge in [-0.25, -0.2) is 9.37 Å². The lowest BCUT2D eigenvalue weighted by Gasteiger charge is -2.20. The summed E-state index contributed by atoms with van der Waals surface area (Å²) in [7, 11) is 1.54. The molecule has 2 aromatic heterocycles. The van der Waals surface area contributed by atoms with Crippen molar-refractivity contribution >= 4 is 17.5 Å². The molecular formula is C23H27FN6O3. The van der Waals surface area contributed by atoms with Crippen molar-refractivity contribution in [1.82, 2.24) is 24.5 Å². The average molecular weight is 455 g/mol. The zero-order chi connectivity index (χ0) is 22.8. The van der Waals surface area contributed by atoms with Gasteiger partial charge < -0.3 is 19.7 Å². The summed E-state index contributed by atoms with van der Waals surface area (Å²) >= 11 is 0. The molecule has 1 atom stereocenters. The topological polar surface area (TPSA) is 93.9 Å². The van der Waals surface area contributed by atoms with Crippen molar-refractivity contribution in [2.75, 3.05) is 38.7 Å². The van der Waals surface area contributed by atoms with Crippen LogP contribution in [0.15, 0.2) is 24.7 Å². The molecule has 174 valence electrons. The first-order valence-electron chi connectivity index (χ1n) is 11.3. The Morgan fingerprint density at radius 3 is 3.12 bits per heavy atom. The second-order valence-electron chi connectivity index (χ2n) is 8.46. The molecule has 0 saturated carbocycles. The molecule has 1 fully saturated rings. The van der Waals surface area contributed by atoms with E-state index in [4.69, 9.17) is 9.47 Å². The van der Waals surface area contributed by atoms with Crippen molar-refractivity contribution in [2.24, 2.45) is 0 Å². The van der Waals surface area contributed by atoms with Gasteiger partial charge in [0.25, 0.3) is 0 Å². The van der Waals surface area contributed by atoms with Crippen LogP contribution in [-0.4, -0.2) is 63.8 Å². The van der Waals surface area contributed by atoms with E-state index in [-0.39, 0.29) is 30.8 Å². The normalized spacial score (nSPS) is 18.1. The zero-order valence-corrected chi connectivity index (χ0v) is 18.6. The van der Waals surface area contributed by atoms with Gasteiger partial charge in [-0.05, 0) is 37.3 Å². The smallest absolute Gasteiger partial charge is 0.248 e. The van der Waals surface area contributed by atoms with Gasteiger partial charge in [0.05, 0.1) is 6.61 Å². The zero-order valence-electron chi connectivity index (χ0n) is 18.6. The number of nitrogens with one attached hydrogen (secondary N) is 1. The summed E-state index contributed by atoms with van der Waals surface area (Å²) in [4.78, 5) is 18.7. The Labute approximate surface area is 190 Å². The van der Waals surface area contributed by atoms with Gasteiger partial charge in [-0.3, -0.25) is 9.20 Å². The highest BCUT2D eigenvalue weighted by atomic mass is 19.1. The summed E-state index contributed by atoms with van der Waals surface area (Å²) in [6.45, 7) is 2.37. The van der Waals surface area contributed by atoms with Gasteiger partial charge in [0.15, 0.2) is 5.65 Å². The number of fused-ring (bicyclic) bond motifs is 2. The van der Waals surface area contributed by atoms with Crippen molar-refractivity contribution < 1.29 is 18.7 Å². The predicted molar refractivity (Wildman–Crippen MR) is 119 cm³/mol. The molecule has 1 amide bonds. The van der Waals surface area contributed by atoms with Crippen LogP contribution >= 0.6 is 0 Å². The van der Waals surface area contributed by atoms with Crippen molar-refractivity contribution in [2.45, 2.75) is 38.1 Å². The molecule has 1 saturated heterocycles. The molecule has 5 rings (SSSR count). The molecule has 0 aliphatic carbocycles. The third-order valence-corrected chi connectivity index (χ3v) is 6.51. The first-order chi connectivity index (χ1) is 16.2. The molecule has 0 spiro atoms. The van der Waals surface area contributed by atoms with E-state index < -0.39 is 0 Å². The Kier molecular flexibility index (Phi) is 6.08. The third kappa shape index (κ3) is 4.22. The second kappa shape index (κ2) is 9.30. The quantitative estimate of drug-likeness (QED) is 0.612. The van der Waals surface area contributed by atoms with Gasteiger partial charge in [0.1, 0.15) is 24.5 Å². The van der Waals surface area contributed by atoms with Crippen LogP contribution in [0.4, 0.5) is 10.3 Å². The number of nitrogens with zero attached hydrogens (tertiary/aromatic N) is 5. The number of amides is 1. The van der Waals surface area contributed by atoms with Crippen LogP contribution in [0, 0.1) is 5.82 Å². The van der Waals surface area contributed by atoms with E-state index in [0.29, 0.717) is 31.1 Å². The fourth-order valence-corrected chi connectivity index (χ4v) is 4.80. The highest BCUT2D eigenvalue weighted by molar-refractivity contribution is 5.77. The summed E-state index contributed by atoms with van der Waals surface area (Å²) in [5.74, 6) is 1.30. The van der Waals surface area contributed by atoms with Gasteiger partial charge in [-0.2, -0.15) is 0 Å². The van der Waals surface area contributed by atoms with E-state index in [0.717, 1.165) is 48.3 Å². The molecule has 3 aromatic rings. The highest BCUT2D eigenvalue weighted by Gasteiger charge is 2.25. The predicted octanol–water partition coefficient (Wildman–Crippen LogP) is 2.55. The Balaban J connectivity index is 1.34. The fourth-order valence-electron chi connectivity index (χ4n) is 4.80. The Morgan fingerprint density at radius 2 is 2.24 bits per heavy atom. The van der Waals surface area contributed by atoms with E-state index in [1.807, 2.05) is 15.5 Å². The second-order valence-corrected chi connectivity index (χ2v) is 8.46. The monoisotopic (exact) mass is 454 g/mol. The number of rotatable bonds is 6. The molecule has 10 heteroatoms. The Morgan fingerprint density at radius 1 is 1.33 bits per heavy atom. The molecule has 2 aliphatic rings. The largest absolute Gasteiger partial charge is 0.493 e. The minimum absolute atomic E-state index is 0.0217. The van der Waals surface area contributed by atoms with Crippen molar-refractivity contribution in [1.29, 1.82) is 0 Å². The molecular weight excluding hydrogens is 427 g/mol. The van der Waals surface area contributed by atoms with E-state index >= 15 is 0 Å². The maximum atomic E-state index is 14.5. The number of carbonyl (C=O) groups is 1. The van der Waals surface area contributed by atoms with Gasteiger partial charge in [0, 0.05) is 56.1 Å². The minimum atomic E-state index is -0.255. The molecule has 0 radical (unpaired) electrons. The van der Waals surface area contributed by atoms with Crippen molar-refractivity contribution in [3.63, 3.8) is 0 Å². The maximum absolute atomic E-state index is 14.5. The van der Waals surface area contributed by atoms with Crippen molar-refractivity contribution in [3.05, 3.63) is 47.2 Å². The number of hydrogen-bond donors (Lipinski definition) is 1. The summed E-state index contributed by atoms with van der Waals surface area (Å²) in [5, 5.41) is 11.7. The first-order valence-corrected chi connectivity index (χ1v) is 11.3. The number of carbonyl (C=O) groups excluding carboxylic acids is 1. The Bertz CT molecular complexity index is 1170. The standard InChI is InChI=1S/C23H27FN6O3/c1-32-13-21(31)29-8-2-3-15(6-9-29)17-11-25-23(30-14-27-28-22(17)30)26-12-18-16-7-10-33-20(16)5-4-19(18)24/h4-5,11,14-15H,2-3,6-10,12-13H2,1H3,(H,25,26)/t15-/m0/s1. The number of aromatic nitrogens is 4. The molecule has 33 heavy (non-hydrogen) atoms. The molecule has 0 bridgehead atoms. The lowest BCUT2D eigenvalue weighted by Crippen LogP contribution is -2.34. The summed E-state index contributed by atoms with van der Waals surface area (Å²) in [6, 6.07) is 3.13. The van der Waals surface area contributed by atoms with Gasteiger partial charge in [-0.15, -0.1) is 10.2 Å². The summed E-state index contributed by atoms with van der Waals surface area (Å²) < 4.78 is 26.9. The van der Waals surface area contributed by atoms with Crippen molar-refractivity contribution in [3.8, 4) is 5.75 Å². The molecule has 4 heterocycles. The van der Waals surface area contributed by atoms with E-state index in [2.05, 4.69) is 20.5 Å². The van der Waals surface area contributed by atoms with E-state index in [1.54, 1.807) is 12.4 Å². The number of benzene rings is 1. The minimum Gasteiger partial charge on any atom is -0.493 e. The highest BCUT2D eigenvalue weighted by Crippen LogP contribution is 2.32. The van der Waals surface area contributed by atoms with Crippen LogP contribution in [0.2, 0.25) is 0 Å². The third-order valence-electron chi connectivity index (χ3n) is 6.51. The van der Waals surface area contributed by atoms with Gasteiger partial charge >= 0.3 is 0 Å². The van der Waals surface area contributed by atoms with Crippen LogP contribution in [0.3, 0.4) is 0 Å². The van der Waals surface area contributed by atoms with Gasteiger partial charge in [0.2, 0.25) is 11.9 Å². The van der Waals surface area contributed by atoms with E-state index in [1.165, 1.54) is 13.2 Å². The fraction of sp³-hybridized carbons (Fsp3) is 0.478. The molecule has 0 unspecified atom stereocenters. The molecule has 1 aromatic carbocycles. The number of halogens is 1. The average Bonchev–Trinajstić information content (AvgIpc) is 3.43. The summed E-state index contributed by atoms with van der Waals surface area (Å²) in [5.41, 5.74) is 3.25. The van der Waals surface area contributed by atoms with E-state index in [9.17, 15) is 9.18 Å². The molecule has 1 N–H and O–H groups in total. The van der Waals surface area contributed by atoms with Crippen LogP contribution in [0.1, 0.15) is 41.9 Å². The lowest BCUT2D eigenvalue weighted by molar-refractivity contribution is -0.135. The number of anilines is 1. The molecule has 2 aliphatic heterocycles. The maximum Gasteiger partial charge on any atom is 0.248 e. The summed E-state index contributed by atoms with van der Waals surface area (Å²) in [6.07, 6.45) is 6.82. The Hall–Kier alpha value is -3.27. The van der Waals surface area contributed by atoms with Crippen LogP contribution in [0.5, 0.6) is 5.75 Å². The number of methoxy groups -OCH3 is 1. The van der Waals surface area contributed by atoms with Crippen LogP contribution in [0.25, 0.3) is 5.65 Å². The number of likely N-dealkylation sites (tertiary alicyclic amines) is 1.